The quantitative estimate of drug-likeness (QED) is 0.454. The van der Waals surface area contributed by atoms with E-state index in [4.69, 9.17) is 5.10 Å². The molecular formula is C27H30N6O. The van der Waals surface area contributed by atoms with Gasteiger partial charge in [-0.1, -0.05) is 60.7 Å². The van der Waals surface area contributed by atoms with Crippen LogP contribution >= 0.6 is 0 Å². The molecule has 7 nitrogen and oxygen atoms in total. The third-order valence-corrected chi connectivity index (χ3v) is 6.57. The van der Waals surface area contributed by atoms with Gasteiger partial charge >= 0.3 is 0 Å². The first kappa shape index (κ1) is 22.1. The zero-order valence-electron chi connectivity index (χ0n) is 19.5. The highest BCUT2D eigenvalue weighted by molar-refractivity contribution is 5.79. The second-order valence-corrected chi connectivity index (χ2v) is 9.05. The summed E-state index contributed by atoms with van der Waals surface area (Å²) in [7, 11) is 0. The summed E-state index contributed by atoms with van der Waals surface area (Å²) in [5.41, 5.74) is 3.02. The third-order valence-electron chi connectivity index (χ3n) is 6.57. The maximum absolute atomic E-state index is 12.8. The number of piperidine rings is 1. The van der Waals surface area contributed by atoms with Crippen molar-refractivity contribution in [3.05, 3.63) is 78.4 Å². The molecule has 2 aromatic carbocycles. The van der Waals surface area contributed by atoms with E-state index >= 15 is 0 Å². The number of aryl methyl sites for hydroxylation is 1. The molecule has 34 heavy (non-hydrogen) atoms. The summed E-state index contributed by atoms with van der Waals surface area (Å²) in [6, 6.07) is 24.5. The van der Waals surface area contributed by atoms with Gasteiger partial charge < -0.3 is 10.2 Å². The van der Waals surface area contributed by atoms with Crippen molar-refractivity contribution in [1.82, 2.24) is 25.1 Å². The van der Waals surface area contributed by atoms with Gasteiger partial charge in [0.05, 0.1) is 0 Å². The highest BCUT2D eigenvalue weighted by atomic mass is 16.1. The first-order chi connectivity index (χ1) is 16.7. The van der Waals surface area contributed by atoms with Crippen molar-refractivity contribution in [2.24, 2.45) is 5.92 Å². The zero-order chi connectivity index (χ0) is 23.3. The summed E-state index contributed by atoms with van der Waals surface area (Å²) in [6.45, 7) is 3.70. The van der Waals surface area contributed by atoms with Crippen LogP contribution in [0, 0.1) is 5.92 Å². The first-order valence-electron chi connectivity index (χ1n) is 12.0. The SMILES string of the molecule is CC(CCc1ccccc1)NC(=O)C1CCN(c2ccc3nnc(-c4ccccc4)n3n2)CC1. The summed E-state index contributed by atoms with van der Waals surface area (Å²) >= 11 is 0. The van der Waals surface area contributed by atoms with Gasteiger partial charge in [0.2, 0.25) is 5.91 Å². The first-order valence-corrected chi connectivity index (χ1v) is 12.0. The van der Waals surface area contributed by atoms with E-state index in [0.29, 0.717) is 0 Å². The molecule has 1 saturated heterocycles. The van der Waals surface area contributed by atoms with Crippen LogP contribution in [0.25, 0.3) is 17.0 Å². The molecule has 1 amide bonds. The second-order valence-electron chi connectivity index (χ2n) is 9.05. The Morgan fingerprint density at radius 1 is 0.971 bits per heavy atom. The lowest BCUT2D eigenvalue weighted by molar-refractivity contribution is -0.126. The van der Waals surface area contributed by atoms with Gasteiger partial charge in [-0.05, 0) is 50.3 Å². The molecule has 0 saturated carbocycles. The molecule has 1 atom stereocenters. The fourth-order valence-corrected chi connectivity index (χ4v) is 4.55. The smallest absolute Gasteiger partial charge is 0.223 e. The minimum Gasteiger partial charge on any atom is -0.355 e. The van der Waals surface area contributed by atoms with E-state index in [1.54, 1.807) is 4.52 Å². The van der Waals surface area contributed by atoms with Crippen LogP contribution in [0.4, 0.5) is 5.82 Å². The van der Waals surface area contributed by atoms with Crippen LogP contribution in [0.2, 0.25) is 0 Å². The van der Waals surface area contributed by atoms with Crippen LogP contribution in [0.3, 0.4) is 0 Å². The van der Waals surface area contributed by atoms with Crippen LogP contribution in [0.1, 0.15) is 31.7 Å². The van der Waals surface area contributed by atoms with Crippen molar-refractivity contribution in [1.29, 1.82) is 0 Å². The van der Waals surface area contributed by atoms with Gasteiger partial charge in [-0.25, -0.2) is 0 Å². The zero-order valence-corrected chi connectivity index (χ0v) is 19.5. The number of aromatic nitrogens is 4. The van der Waals surface area contributed by atoms with E-state index < -0.39 is 0 Å². The van der Waals surface area contributed by atoms with Crippen molar-refractivity contribution >= 4 is 17.4 Å². The normalized spacial score (nSPS) is 15.4. The highest BCUT2D eigenvalue weighted by Gasteiger charge is 2.26. The van der Waals surface area contributed by atoms with Gasteiger partial charge in [0.15, 0.2) is 11.5 Å². The summed E-state index contributed by atoms with van der Waals surface area (Å²) in [6.07, 6.45) is 3.57. The summed E-state index contributed by atoms with van der Waals surface area (Å²) < 4.78 is 1.80. The Labute approximate surface area is 199 Å². The predicted molar refractivity (Wildman–Crippen MR) is 134 cm³/mol. The molecule has 2 aromatic heterocycles. The van der Waals surface area contributed by atoms with Gasteiger partial charge in [-0.3, -0.25) is 4.79 Å². The summed E-state index contributed by atoms with van der Waals surface area (Å²) in [5, 5.41) is 16.6. The number of hydrogen-bond acceptors (Lipinski definition) is 5. The minimum absolute atomic E-state index is 0.0500. The molecule has 1 unspecified atom stereocenters. The maximum Gasteiger partial charge on any atom is 0.223 e. The average molecular weight is 455 g/mol. The van der Waals surface area contributed by atoms with Crippen molar-refractivity contribution in [2.75, 3.05) is 18.0 Å². The fourth-order valence-electron chi connectivity index (χ4n) is 4.55. The van der Waals surface area contributed by atoms with Crippen molar-refractivity contribution < 1.29 is 4.79 Å². The number of fused-ring (bicyclic) bond motifs is 1. The van der Waals surface area contributed by atoms with E-state index in [1.165, 1.54) is 5.56 Å². The average Bonchev–Trinajstić information content (AvgIpc) is 3.32. The Morgan fingerprint density at radius 2 is 1.68 bits per heavy atom. The third kappa shape index (κ3) is 4.93. The molecule has 1 aliphatic heterocycles. The van der Waals surface area contributed by atoms with E-state index in [9.17, 15) is 4.79 Å². The van der Waals surface area contributed by atoms with Gasteiger partial charge in [-0.15, -0.1) is 15.3 Å². The molecule has 1 fully saturated rings. The van der Waals surface area contributed by atoms with Crippen molar-refractivity contribution in [3.8, 4) is 11.4 Å². The Bertz CT molecular complexity index is 1230. The Hall–Kier alpha value is -3.74. The molecule has 174 valence electrons. The molecule has 0 spiro atoms. The Morgan fingerprint density at radius 3 is 2.41 bits per heavy atom. The number of carbonyl (C=O) groups is 1. The van der Waals surface area contributed by atoms with E-state index in [-0.39, 0.29) is 17.9 Å². The number of benzene rings is 2. The molecule has 1 aliphatic rings. The standard InChI is InChI=1S/C27H30N6O/c1-20(12-13-21-8-4-2-5-9-21)28-27(34)23-16-18-32(19-17-23)25-15-14-24-29-30-26(33(24)31-25)22-10-6-3-7-11-22/h2-11,14-15,20,23H,12-13,16-19H2,1H3,(H,28,34). The van der Waals surface area contributed by atoms with Crippen LogP contribution < -0.4 is 10.2 Å². The second kappa shape index (κ2) is 10.0. The van der Waals surface area contributed by atoms with E-state index in [0.717, 1.165) is 61.6 Å². The fraction of sp³-hybridized carbons (Fsp3) is 0.333. The number of amides is 1. The van der Waals surface area contributed by atoms with E-state index in [1.807, 2.05) is 48.5 Å². The summed E-state index contributed by atoms with van der Waals surface area (Å²) in [5.74, 6) is 1.85. The van der Waals surface area contributed by atoms with Gasteiger partial charge in [-0.2, -0.15) is 4.52 Å². The predicted octanol–water partition coefficient (Wildman–Crippen LogP) is 4.15. The number of hydrogen-bond donors (Lipinski definition) is 1. The molecule has 3 heterocycles. The lowest BCUT2D eigenvalue weighted by atomic mass is 9.95. The lowest BCUT2D eigenvalue weighted by Gasteiger charge is -2.32. The molecule has 0 bridgehead atoms. The van der Waals surface area contributed by atoms with Gasteiger partial charge in [0.1, 0.15) is 5.82 Å². The number of carbonyl (C=O) groups excluding carboxylic acids is 1. The molecular weight excluding hydrogens is 424 g/mol. The van der Waals surface area contributed by atoms with Crippen LogP contribution in [-0.2, 0) is 11.2 Å². The Balaban J connectivity index is 1.17. The topological polar surface area (TPSA) is 75.4 Å². The van der Waals surface area contributed by atoms with Crippen LogP contribution in [0.5, 0.6) is 0 Å². The van der Waals surface area contributed by atoms with E-state index in [2.05, 4.69) is 51.6 Å². The highest BCUT2D eigenvalue weighted by Crippen LogP contribution is 2.24. The Kier molecular flexibility index (Phi) is 6.51. The van der Waals surface area contributed by atoms with Crippen LogP contribution in [-0.4, -0.2) is 44.8 Å². The van der Waals surface area contributed by atoms with Crippen molar-refractivity contribution in [2.45, 2.75) is 38.6 Å². The molecule has 7 heteroatoms. The van der Waals surface area contributed by atoms with Gasteiger partial charge in [0, 0.05) is 30.6 Å². The number of nitrogens with zero attached hydrogens (tertiary/aromatic N) is 5. The van der Waals surface area contributed by atoms with Gasteiger partial charge in [0.25, 0.3) is 0 Å². The van der Waals surface area contributed by atoms with Crippen molar-refractivity contribution in [3.63, 3.8) is 0 Å². The number of rotatable bonds is 7. The summed E-state index contributed by atoms with van der Waals surface area (Å²) in [4.78, 5) is 15.1. The number of nitrogens with one attached hydrogen (secondary N) is 1. The molecule has 0 aliphatic carbocycles. The molecule has 5 rings (SSSR count). The largest absolute Gasteiger partial charge is 0.355 e. The maximum atomic E-state index is 12.8. The molecule has 4 aromatic rings. The minimum atomic E-state index is 0.0500. The number of anilines is 1. The van der Waals surface area contributed by atoms with Crippen LogP contribution in [0.15, 0.2) is 72.8 Å². The monoisotopic (exact) mass is 454 g/mol. The molecule has 0 radical (unpaired) electrons. The lowest BCUT2D eigenvalue weighted by Crippen LogP contribution is -2.43. The molecule has 1 N–H and O–H groups in total.